The van der Waals surface area contributed by atoms with Crippen LogP contribution in [0.5, 0.6) is 0 Å². The fraction of sp³-hybridized carbons (Fsp3) is 0.419. The Morgan fingerprint density at radius 2 is 1.95 bits per heavy atom. The molecule has 222 valence electrons. The summed E-state index contributed by atoms with van der Waals surface area (Å²) in [4.78, 5) is 39.0. The van der Waals surface area contributed by atoms with E-state index in [2.05, 4.69) is 21.3 Å². The van der Waals surface area contributed by atoms with Gasteiger partial charge in [0.15, 0.2) is 0 Å². The number of rotatable bonds is 8. The van der Waals surface area contributed by atoms with Gasteiger partial charge in [0.2, 0.25) is 5.91 Å². The molecule has 3 heterocycles. The van der Waals surface area contributed by atoms with Crippen LogP contribution in [-0.4, -0.2) is 82.3 Å². The zero-order valence-electron chi connectivity index (χ0n) is 24.4. The number of halogens is 1. The number of benzene rings is 1. The summed E-state index contributed by atoms with van der Waals surface area (Å²) < 4.78 is 12.5. The van der Waals surface area contributed by atoms with Crippen molar-refractivity contribution in [2.75, 3.05) is 39.9 Å². The average Bonchev–Trinajstić information content (AvgIpc) is 3.34. The fourth-order valence-corrected chi connectivity index (χ4v) is 5.79. The number of aryl methyl sites for hydroxylation is 1. The van der Waals surface area contributed by atoms with E-state index in [1.165, 1.54) is 0 Å². The summed E-state index contributed by atoms with van der Waals surface area (Å²) in [6, 6.07) is 9.17. The maximum Gasteiger partial charge on any atom is 0.410 e. The van der Waals surface area contributed by atoms with Gasteiger partial charge in [0.05, 0.1) is 48.7 Å². The molecule has 2 atom stereocenters. The van der Waals surface area contributed by atoms with Crippen LogP contribution < -0.4 is 5.32 Å². The Morgan fingerprint density at radius 1 is 1.17 bits per heavy atom. The highest BCUT2D eigenvalue weighted by atomic mass is 35.5. The molecule has 1 aliphatic heterocycles. The van der Waals surface area contributed by atoms with Crippen LogP contribution in [0, 0.1) is 0 Å². The number of hydrogen-bond acceptors (Lipinski definition) is 7. The third-order valence-electron chi connectivity index (χ3n) is 7.64. The summed E-state index contributed by atoms with van der Waals surface area (Å²) in [6.45, 7) is 6.40. The van der Waals surface area contributed by atoms with Crippen molar-refractivity contribution < 1.29 is 19.1 Å². The smallest absolute Gasteiger partial charge is 0.410 e. The van der Waals surface area contributed by atoms with Gasteiger partial charge in [-0.25, -0.2) is 9.78 Å². The Labute approximate surface area is 251 Å². The van der Waals surface area contributed by atoms with Gasteiger partial charge in [-0.2, -0.15) is 0 Å². The zero-order valence-corrected chi connectivity index (χ0v) is 25.2. The molecule has 0 radical (unpaired) electrons. The number of imidazole rings is 1. The number of nitrogens with zero attached hydrogens (tertiary/aromatic N) is 5. The van der Waals surface area contributed by atoms with Crippen LogP contribution in [0.2, 0.25) is 5.02 Å². The Kier molecular flexibility index (Phi) is 9.25. The predicted octanol–water partition coefficient (Wildman–Crippen LogP) is 4.47. The van der Waals surface area contributed by atoms with Gasteiger partial charge in [-0.15, -0.1) is 0 Å². The highest BCUT2D eigenvalue weighted by Crippen LogP contribution is 2.44. The molecule has 1 N–H and O–H groups in total. The minimum absolute atomic E-state index is 0.135. The molecule has 42 heavy (non-hydrogen) atoms. The van der Waals surface area contributed by atoms with Crippen molar-refractivity contribution in [3.63, 3.8) is 0 Å². The van der Waals surface area contributed by atoms with Gasteiger partial charge >= 0.3 is 6.09 Å². The van der Waals surface area contributed by atoms with E-state index in [4.69, 9.17) is 26.1 Å². The summed E-state index contributed by atoms with van der Waals surface area (Å²) in [7, 11) is 3.49. The van der Waals surface area contributed by atoms with Crippen molar-refractivity contribution in [1.82, 2.24) is 29.7 Å². The monoisotopic (exact) mass is 592 g/mol. The first-order valence-corrected chi connectivity index (χ1v) is 14.5. The van der Waals surface area contributed by atoms with Gasteiger partial charge in [-0.1, -0.05) is 23.7 Å². The van der Waals surface area contributed by atoms with Gasteiger partial charge in [0.1, 0.15) is 0 Å². The Bertz CT molecular complexity index is 1460. The van der Waals surface area contributed by atoms with Crippen molar-refractivity contribution in [3.05, 3.63) is 82.2 Å². The number of nitrogens with one attached hydrogen (secondary N) is 1. The number of aromatic nitrogens is 3. The lowest BCUT2D eigenvalue weighted by atomic mass is 9.89. The third-order valence-corrected chi connectivity index (χ3v) is 7.87. The molecule has 5 rings (SSSR count). The molecular formula is C31H37ClN6O4. The maximum absolute atomic E-state index is 13.1. The number of pyridine rings is 1. The van der Waals surface area contributed by atoms with Crippen LogP contribution >= 0.6 is 11.6 Å². The van der Waals surface area contributed by atoms with Gasteiger partial charge < -0.3 is 24.3 Å². The van der Waals surface area contributed by atoms with E-state index in [-0.39, 0.29) is 30.6 Å². The minimum atomic E-state index is -0.506. The summed E-state index contributed by atoms with van der Waals surface area (Å²) in [6.07, 6.45) is 7.17. The van der Waals surface area contributed by atoms with Gasteiger partial charge in [0.25, 0.3) is 0 Å². The first-order chi connectivity index (χ1) is 20.3. The van der Waals surface area contributed by atoms with Gasteiger partial charge in [-0.05, 0) is 60.4 Å². The SMILES string of the molecule is COCCC(=O)N[C@H](C1=Cc2cccnc2[C@@H](N2CCN(C(=O)OC(C)C)CC2)c2ccc(Cl)cc21)c1cncn1C. The molecule has 1 aromatic carbocycles. The Hall–Kier alpha value is -3.73. The zero-order chi connectivity index (χ0) is 29.8. The standard InChI is InChI=1S/C31H37ClN6O4/c1-20(2)42-31(40)38-13-11-37(12-14-38)30-23-8-7-22(32)17-24(23)25(16-21-6-5-10-34-28(21)30)29(26-18-33-19-36(26)3)35-27(39)9-15-41-4/h5-8,10,16-20,29-30H,9,11-15H2,1-4H3,(H,35,39)/t29-,30+/m1/s1. The molecule has 3 aromatic rings. The second-order valence-electron chi connectivity index (χ2n) is 10.8. The van der Waals surface area contributed by atoms with Crippen LogP contribution in [0.4, 0.5) is 4.79 Å². The van der Waals surface area contributed by atoms with Crippen molar-refractivity contribution in [2.24, 2.45) is 7.05 Å². The third kappa shape index (κ3) is 6.35. The molecule has 1 fully saturated rings. The fourth-order valence-electron chi connectivity index (χ4n) is 5.62. The van der Waals surface area contributed by atoms with Crippen molar-refractivity contribution in [1.29, 1.82) is 0 Å². The van der Waals surface area contributed by atoms with Crippen LogP contribution in [0.15, 0.2) is 49.1 Å². The van der Waals surface area contributed by atoms with E-state index in [1.54, 1.807) is 24.5 Å². The Morgan fingerprint density at radius 3 is 2.64 bits per heavy atom. The van der Waals surface area contributed by atoms with E-state index < -0.39 is 6.04 Å². The molecule has 2 amide bonds. The van der Waals surface area contributed by atoms with E-state index >= 15 is 0 Å². The highest BCUT2D eigenvalue weighted by Gasteiger charge is 2.36. The summed E-state index contributed by atoms with van der Waals surface area (Å²) in [5.74, 6) is -0.135. The normalized spacial score (nSPS) is 17.6. The first-order valence-electron chi connectivity index (χ1n) is 14.2. The number of amides is 2. The topological polar surface area (TPSA) is 102 Å². The lowest BCUT2D eigenvalue weighted by molar-refractivity contribution is -0.122. The van der Waals surface area contributed by atoms with Crippen LogP contribution in [-0.2, 0) is 21.3 Å². The first kappa shape index (κ1) is 29.8. The second-order valence-corrected chi connectivity index (χ2v) is 11.3. The molecule has 2 aliphatic rings. The number of methoxy groups -OCH3 is 1. The van der Waals surface area contributed by atoms with Crippen molar-refractivity contribution in [2.45, 2.75) is 38.5 Å². The predicted molar refractivity (Wildman–Crippen MR) is 161 cm³/mol. The summed E-state index contributed by atoms with van der Waals surface area (Å²) in [5.41, 5.74) is 5.52. The summed E-state index contributed by atoms with van der Waals surface area (Å²) in [5, 5.41) is 3.82. The number of fused-ring (bicyclic) bond motifs is 2. The largest absolute Gasteiger partial charge is 0.447 e. The van der Waals surface area contributed by atoms with Gasteiger partial charge in [-0.3, -0.25) is 14.7 Å². The molecular weight excluding hydrogens is 556 g/mol. The molecule has 10 nitrogen and oxygen atoms in total. The number of carbonyl (C=O) groups excluding carboxylic acids is 2. The number of carbonyl (C=O) groups is 2. The quantitative estimate of drug-likeness (QED) is 0.412. The van der Waals surface area contributed by atoms with Crippen LogP contribution in [0.25, 0.3) is 11.6 Å². The highest BCUT2D eigenvalue weighted by molar-refractivity contribution is 6.30. The van der Waals surface area contributed by atoms with Gasteiger partial charge in [0, 0.05) is 58.0 Å². The second kappa shape index (κ2) is 13.1. The lowest BCUT2D eigenvalue weighted by Gasteiger charge is -2.39. The van der Waals surface area contributed by atoms with Crippen LogP contribution in [0.1, 0.15) is 60.4 Å². The molecule has 0 bridgehead atoms. The van der Waals surface area contributed by atoms with E-state index in [9.17, 15) is 9.59 Å². The van der Waals surface area contributed by atoms with E-state index in [0.717, 1.165) is 33.7 Å². The molecule has 0 saturated carbocycles. The number of piperazine rings is 1. The maximum atomic E-state index is 13.1. The lowest BCUT2D eigenvalue weighted by Crippen LogP contribution is -2.50. The molecule has 11 heteroatoms. The Balaban J connectivity index is 1.58. The molecule has 0 spiro atoms. The van der Waals surface area contributed by atoms with Crippen LogP contribution in [0.3, 0.4) is 0 Å². The van der Waals surface area contributed by atoms with Crippen molar-refractivity contribution in [3.8, 4) is 0 Å². The van der Waals surface area contributed by atoms with Crippen molar-refractivity contribution >= 4 is 35.3 Å². The molecule has 1 saturated heterocycles. The number of hydrogen-bond donors (Lipinski definition) is 1. The average molecular weight is 593 g/mol. The van der Waals surface area contributed by atoms with E-state index in [1.807, 2.05) is 62.0 Å². The molecule has 0 unspecified atom stereocenters. The summed E-state index contributed by atoms with van der Waals surface area (Å²) >= 11 is 6.63. The number of ether oxygens (including phenoxy) is 2. The van der Waals surface area contributed by atoms with E-state index in [0.29, 0.717) is 37.8 Å². The molecule has 1 aliphatic carbocycles. The molecule has 2 aromatic heterocycles. The minimum Gasteiger partial charge on any atom is -0.447 e.